The molecule has 0 spiro atoms. The maximum Gasteiger partial charge on any atom is 0.253 e. The number of hydrogen-bond acceptors (Lipinski definition) is 4. The van der Waals surface area contributed by atoms with Gasteiger partial charge in [-0.3, -0.25) is 9.59 Å². The van der Waals surface area contributed by atoms with Crippen LogP contribution in [0.15, 0.2) is 78.9 Å². The Kier molecular flexibility index (Phi) is 7.02. The second kappa shape index (κ2) is 10.5. The first-order valence-corrected chi connectivity index (χ1v) is 10.9. The lowest BCUT2D eigenvalue weighted by molar-refractivity contribution is -0.114. The maximum absolute atomic E-state index is 12.5. The molecule has 2 amide bonds. The number of likely N-dealkylation sites (tertiary alicyclic amines) is 1. The highest BCUT2D eigenvalue weighted by molar-refractivity contribution is 5.98. The van der Waals surface area contributed by atoms with Crippen molar-refractivity contribution in [1.82, 2.24) is 4.90 Å². The summed E-state index contributed by atoms with van der Waals surface area (Å²) in [4.78, 5) is 26.8. The van der Waals surface area contributed by atoms with Crippen molar-refractivity contribution in [1.29, 1.82) is 0 Å². The van der Waals surface area contributed by atoms with Crippen LogP contribution in [-0.2, 0) is 11.4 Å². The van der Waals surface area contributed by atoms with E-state index in [1.165, 1.54) is 0 Å². The molecule has 1 aliphatic heterocycles. The van der Waals surface area contributed by atoms with Crippen LogP contribution in [0.2, 0.25) is 0 Å². The number of carbonyl (C=O) groups excluding carboxylic acids is 2. The minimum atomic E-state index is -0.180. The van der Waals surface area contributed by atoms with Gasteiger partial charge in [-0.2, -0.15) is 0 Å². The number of carbonyl (C=O) groups is 2. The van der Waals surface area contributed by atoms with Crippen molar-refractivity contribution in [2.75, 3.05) is 30.3 Å². The van der Waals surface area contributed by atoms with Gasteiger partial charge in [0.25, 0.3) is 5.91 Å². The molecule has 0 aliphatic carbocycles. The number of nitrogens with one attached hydrogen (secondary N) is 2. The molecule has 32 heavy (non-hydrogen) atoms. The third-order valence-corrected chi connectivity index (χ3v) is 5.34. The normalized spacial score (nSPS) is 12.9. The molecule has 3 aromatic rings. The molecule has 3 aromatic carbocycles. The minimum Gasteiger partial charge on any atom is -0.489 e. The Morgan fingerprint density at radius 2 is 1.59 bits per heavy atom. The van der Waals surface area contributed by atoms with Crippen molar-refractivity contribution in [3.63, 3.8) is 0 Å². The van der Waals surface area contributed by atoms with E-state index in [2.05, 4.69) is 10.6 Å². The van der Waals surface area contributed by atoms with Crippen LogP contribution in [0.25, 0.3) is 0 Å². The van der Waals surface area contributed by atoms with Crippen LogP contribution < -0.4 is 15.4 Å². The monoisotopic (exact) mass is 429 g/mol. The summed E-state index contributed by atoms with van der Waals surface area (Å²) >= 11 is 0. The molecule has 1 aliphatic rings. The lowest BCUT2D eigenvalue weighted by Crippen LogP contribution is -2.27. The van der Waals surface area contributed by atoms with Crippen LogP contribution in [0.4, 0.5) is 11.4 Å². The van der Waals surface area contributed by atoms with Gasteiger partial charge in [-0.15, -0.1) is 0 Å². The average molecular weight is 430 g/mol. The number of rotatable bonds is 8. The van der Waals surface area contributed by atoms with Crippen LogP contribution in [0.1, 0.15) is 28.8 Å². The average Bonchev–Trinajstić information content (AvgIpc) is 3.37. The van der Waals surface area contributed by atoms with E-state index in [0.29, 0.717) is 17.9 Å². The molecule has 1 fully saturated rings. The smallest absolute Gasteiger partial charge is 0.253 e. The van der Waals surface area contributed by atoms with E-state index in [0.717, 1.165) is 42.9 Å². The van der Waals surface area contributed by atoms with E-state index in [1.807, 2.05) is 59.5 Å². The Morgan fingerprint density at radius 1 is 0.844 bits per heavy atom. The zero-order valence-corrected chi connectivity index (χ0v) is 17.9. The first kappa shape index (κ1) is 21.4. The fraction of sp³-hybridized carbons (Fsp3) is 0.231. The van der Waals surface area contributed by atoms with Gasteiger partial charge < -0.3 is 20.3 Å². The Bertz CT molecular complexity index is 1050. The van der Waals surface area contributed by atoms with Crippen LogP contribution in [-0.4, -0.2) is 36.3 Å². The van der Waals surface area contributed by atoms with Gasteiger partial charge in [0.2, 0.25) is 5.91 Å². The molecule has 0 atom stereocenters. The molecule has 0 saturated carbocycles. The SMILES string of the molecule is O=C(CNc1ccc(OCc2ccccc2)cc1)Nc1cccc(C(=O)N2CCCC2)c1. The molecule has 6 nitrogen and oxygen atoms in total. The van der Waals surface area contributed by atoms with Crippen LogP contribution in [0, 0.1) is 0 Å². The van der Waals surface area contributed by atoms with Crippen LogP contribution in [0.3, 0.4) is 0 Å². The Hall–Kier alpha value is -3.80. The molecule has 4 rings (SSSR count). The van der Waals surface area contributed by atoms with Gasteiger partial charge in [0, 0.05) is 30.0 Å². The number of hydrogen-bond donors (Lipinski definition) is 2. The lowest BCUT2D eigenvalue weighted by atomic mass is 10.1. The fourth-order valence-electron chi connectivity index (χ4n) is 3.63. The van der Waals surface area contributed by atoms with Crippen molar-refractivity contribution >= 4 is 23.2 Å². The summed E-state index contributed by atoms with van der Waals surface area (Å²) < 4.78 is 5.78. The van der Waals surface area contributed by atoms with Crippen molar-refractivity contribution in [3.05, 3.63) is 90.0 Å². The van der Waals surface area contributed by atoms with Gasteiger partial charge in [0.1, 0.15) is 12.4 Å². The third-order valence-electron chi connectivity index (χ3n) is 5.34. The Morgan fingerprint density at radius 3 is 2.34 bits per heavy atom. The summed E-state index contributed by atoms with van der Waals surface area (Å²) in [7, 11) is 0. The Labute approximate surface area is 188 Å². The number of ether oxygens (including phenoxy) is 1. The zero-order valence-electron chi connectivity index (χ0n) is 17.9. The first-order chi connectivity index (χ1) is 15.7. The molecule has 0 unspecified atom stereocenters. The number of amides is 2. The van der Waals surface area contributed by atoms with Gasteiger partial charge in [-0.05, 0) is 60.9 Å². The van der Waals surface area contributed by atoms with E-state index in [9.17, 15) is 9.59 Å². The minimum absolute atomic E-state index is 0.0197. The van der Waals surface area contributed by atoms with Crippen molar-refractivity contribution < 1.29 is 14.3 Å². The fourth-order valence-corrected chi connectivity index (χ4v) is 3.63. The number of anilines is 2. The number of nitrogens with zero attached hydrogens (tertiary/aromatic N) is 1. The predicted octanol–water partition coefficient (Wildman–Crippen LogP) is 4.55. The highest BCUT2D eigenvalue weighted by Gasteiger charge is 2.19. The highest BCUT2D eigenvalue weighted by atomic mass is 16.5. The van der Waals surface area contributed by atoms with E-state index in [-0.39, 0.29) is 18.4 Å². The van der Waals surface area contributed by atoms with Gasteiger partial charge in [-0.25, -0.2) is 0 Å². The zero-order chi connectivity index (χ0) is 22.2. The van der Waals surface area contributed by atoms with E-state index < -0.39 is 0 Å². The first-order valence-electron chi connectivity index (χ1n) is 10.9. The largest absolute Gasteiger partial charge is 0.489 e. The molecule has 0 radical (unpaired) electrons. The second-order valence-electron chi connectivity index (χ2n) is 7.78. The second-order valence-corrected chi connectivity index (χ2v) is 7.78. The van der Waals surface area contributed by atoms with Crippen molar-refractivity contribution in [2.24, 2.45) is 0 Å². The summed E-state index contributed by atoms with van der Waals surface area (Å²) in [6.45, 7) is 2.23. The van der Waals surface area contributed by atoms with E-state index >= 15 is 0 Å². The predicted molar refractivity (Wildman–Crippen MR) is 126 cm³/mol. The van der Waals surface area contributed by atoms with Crippen molar-refractivity contribution in [3.8, 4) is 5.75 Å². The summed E-state index contributed by atoms with van der Waals surface area (Å²) in [6.07, 6.45) is 2.10. The molecule has 1 heterocycles. The van der Waals surface area contributed by atoms with Gasteiger partial charge in [-0.1, -0.05) is 36.4 Å². The number of benzene rings is 3. The third kappa shape index (κ3) is 5.88. The highest BCUT2D eigenvalue weighted by Crippen LogP contribution is 2.18. The van der Waals surface area contributed by atoms with Crippen molar-refractivity contribution in [2.45, 2.75) is 19.4 Å². The summed E-state index contributed by atoms with van der Waals surface area (Å²) in [5.74, 6) is 0.606. The van der Waals surface area contributed by atoms with E-state index in [4.69, 9.17) is 4.74 Å². The molecule has 164 valence electrons. The van der Waals surface area contributed by atoms with Crippen LogP contribution in [0.5, 0.6) is 5.75 Å². The van der Waals surface area contributed by atoms with Gasteiger partial charge >= 0.3 is 0 Å². The summed E-state index contributed by atoms with van der Waals surface area (Å²) in [5.41, 5.74) is 3.15. The molecular weight excluding hydrogens is 402 g/mol. The maximum atomic E-state index is 12.5. The van der Waals surface area contributed by atoms with Gasteiger partial charge in [0.15, 0.2) is 0 Å². The molecule has 0 bridgehead atoms. The molecule has 1 saturated heterocycles. The van der Waals surface area contributed by atoms with E-state index in [1.54, 1.807) is 24.3 Å². The molecule has 6 heteroatoms. The molecule has 2 N–H and O–H groups in total. The quantitative estimate of drug-likeness (QED) is 0.551. The molecular formula is C26H27N3O3. The topological polar surface area (TPSA) is 70.7 Å². The summed E-state index contributed by atoms with van der Waals surface area (Å²) in [5, 5.41) is 5.96. The van der Waals surface area contributed by atoms with Gasteiger partial charge in [0.05, 0.1) is 6.54 Å². The molecule has 0 aromatic heterocycles. The Balaban J connectivity index is 1.25. The standard InChI is InChI=1S/C26H27N3O3/c30-25(28-23-10-6-9-21(17-23)26(31)29-15-4-5-16-29)18-27-22-11-13-24(14-12-22)32-19-20-7-2-1-3-8-20/h1-3,6-14,17,27H,4-5,15-16,18-19H2,(H,28,30). The van der Waals surface area contributed by atoms with Crippen LogP contribution >= 0.6 is 0 Å². The lowest BCUT2D eigenvalue weighted by Gasteiger charge is -2.16. The summed E-state index contributed by atoms with van der Waals surface area (Å²) in [6, 6.07) is 24.6.